The van der Waals surface area contributed by atoms with E-state index in [0.717, 1.165) is 30.5 Å². The second kappa shape index (κ2) is 11.6. The van der Waals surface area contributed by atoms with Crippen molar-refractivity contribution >= 4 is 41.5 Å². The number of nitrogens with zero attached hydrogens (tertiary/aromatic N) is 3. The highest BCUT2D eigenvalue weighted by Gasteiger charge is 2.27. The maximum Gasteiger partial charge on any atom is 0.222 e. The molecular weight excluding hydrogens is 539 g/mol. The fraction of sp³-hybridized carbons (Fsp3) is 0.417. The average molecular weight is 569 g/mol. The van der Waals surface area contributed by atoms with Gasteiger partial charge in [0.2, 0.25) is 5.91 Å². The van der Waals surface area contributed by atoms with Gasteiger partial charge in [0.15, 0.2) is 5.96 Å². The van der Waals surface area contributed by atoms with Crippen LogP contribution in [0.4, 0.5) is 14.5 Å². The number of halogens is 3. The van der Waals surface area contributed by atoms with Crippen molar-refractivity contribution in [3.63, 3.8) is 0 Å². The number of rotatable bonds is 6. The minimum Gasteiger partial charge on any atom is -0.365 e. The van der Waals surface area contributed by atoms with E-state index in [4.69, 9.17) is 0 Å². The van der Waals surface area contributed by atoms with E-state index in [0.29, 0.717) is 38.6 Å². The highest BCUT2D eigenvalue weighted by Crippen LogP contribution is 2.26. The lowest BCUT2D eigenvalue weighted by molar-refractivity contribution is -0.128. The van der Waals surface area contributed by atoms with Gasteiger partial charge >= 0.3 is 0 Å². The van der Waals surface area contributed by atoms with E-state index in [-0.39, 0.29) is 41.6 Å². The number of hydrogen-bond acceptors (Lipinski definition) is 3. The summed E-state index contributed by atoms with van der Waals surface area (Å²) in [5.74, 6) is -0.192. The molecule has 0 bridgehead atoms. The number of likely N-dealkylation sites (tertiary alicyclic amines) is 1. The molecule has 2 aliphatic rings. The standard InChI is InChI=1S/C24H29F2N5O.HI/c1-27-24(29-19-11-13-31(16-19)23-20(25)4-2-5-21(23)26)28-14-17-7-9-18(10-8-17)15-30-12-3-6-22(30)32;/h2,4-5,7-10,19H,3,6,11-16H2,1H3,(H2,27,28,29);1H. The van der Waals surface area contributed by atoms with Crippen LogP contribution in [0.1, 0.15) is 30.4 Å². The zero-order chi connectivity index (χ0) is 22.5. The zero-order valence-corrected chi connectivity index (χ0v) is 21.0. The summed E-state index contributed by atoms with van der Waals surface area (Å²) in [6.07, 6.45) is 2.36. The maximum atomic E-state index is 14.1. The van der Waals surface area contributed by atoms with Gasteiger partial charge in [0.05, 0.1) is 0 Å². The molecule has 1 unspecified atom stereocenters. The van der Waals surface area contributed by atoms with Crippen LogP contribution in [0, 0.1) is 11.6 Å². The Morgan fingerprint density at radius 3 is 2.42 bits per heavy atom. The van der Waals surface area contributed by atoms with Crippen LogP contribution in [0.2, 0.25) is 0 Å². The molecule has 0 radical (unpaired) electrons. The fourth-order valence-corrected chi connectivity index (χ4v) is 4.30. The largest absolute Gasteiger partial charge is 0.365 e. The number of hydrogen-bond donors (Lipinski definition) is 2. The molecule has 33 heavy (non-hydrogen) atoms. The van der Waals surface area contributed by atoms with Crippen molar-refractivity contribution in [2.75, 3.05) is 31.6 Å². The van der Waals surface area contributed by atoms with E-state index in [1.807, 2.05) is 4.90 Å². The van der Waals surface area contributed by atoms with Crippen LogP contribution in [0.5, 0.6) is 0 Å². The molecule has 6 nitrogen and oxygen atoms in total. The maximum absolute atomic E-state index is 14.1. The predicted molar refractivity (Wildman–Crippen MR) is 137 cm³/mol. The summed E-state index contributed by atoms with van der Waals surface area (Å²) in [5.41, 5.74) is 2.26. The lowest BCUT2D eigenvalue weighted by Crippen LogP contribution is -2.44. The Morgan fingerprint density at radius 1 is 1.09 bits per heavy atom. The first-order valence-corrected chi connectivity index (χ1v) is 11.0. The number of guanidine groups is 1. The normalized spacial score (nSPS) is 18.5. The third kappa shape index (κ3) is 6.33. The Kier molecular flexibility index (Phi) is 8.87. The first-order valence-electron chi connectivity index (χ1n) is 11.0. The molecule has 4 rings (SSSR count). The molecule has 2 aliphatic heterocycles. The molecule has 0 aliphatic carbocycles. The summed E-state index contributed by atoms with van der Waals surface area (Å²) in [6.45, 7) is 3.18. The van der Waals surface area contributed by atoms with Crippen molar-refractivity contribution in [1.29, 1.82) is 0 Å². The van der Waals surface area contributed by atoms with Crippen molar-refractivity contribution in [2.24, 2.45) is 4.99 Å². The summed E-state index contributed by atoms with van der Waals surface area (Å²) in [4.78, 5) is 19.7. The molecule has 0 aromatic heterocycles. The van der Waals surface area contributed by atoms with E-state index in [1.54, 1.807) is 11.9 Å². The molecule has 1 amide bonds. The third-order valence-electron chi connectivity index (χ3n) is 6.03. The molecular formula is C24H30F2IN5O. The van der Waals surface area contributed by atoms with Gasteiger partial charge in [-0.15, -0.1) is 24.0 Å². The Bertz CT molecular complexity index is 965. The second-order valence-corrected chi connectivity index (χ2v) is 8.31. The van der Waals surface area contributed by atoms with Gasteiger partial charge in [-0.05, 0) is 36.1 Å². The van der Waals surface area contributed by atoms with Crippen LogP contribution in [0.25, 0.3) is 0 Å². The number of para-hydroxylation sites is 1. The smallest absolute Gasteiger partial charge is 0.222 e. The summed E-state index contributed by atoms with van der Waals surface area (Å²) in [6, 6.07) is 12.2. The molecule has 9 heteroatoms. The Balaban J connectivity index is 0.00000306. The highest BCUT2D eigenvalue weighted by atomic mass is 127. The molecule has 1 atom stereocenters. The van der Waals surface area contributed by atoms with Gasteiger partial charge < -0.3 is 20.4 Å². The molecule has 2 saturated heterocycles. The Labute approximate surface area is 210 Å². The van der Waals surface area contributed by atoms with Crippen LogP contribution in [0.3, 0.4) is 0 Å². The molecule has 178 valence electrons. The Morgan fingerprint density at radius 2 is 1.79 bits per heavy atom. The average Bonchev–Trinajstić information content (AvgIpc) is 3.41. The molecule has 2 heterocycles. The van der Waals surface area contributed by atoms with Gasteiger partial charge in [-0.2, -0.15) is 0 Å². The minimum atomic E-state index is -0.536. The lowest BCUT2D eigenvalue weighted by atomic mass is 10.1. The molecule has 2 N–H and O–H groups in total. The Hall–Kier alpha value is -2.43. The van der Waals surface area contributed by atoms with Crippen LogP contribution in [-0.4, -0.2) is 49.5 Å². The van der Waals surface area contributed by atoms with Crippen LogP contribution >= 0.6 is 24.0 Å². The summed E-state index contributed by atoms with van der Waals surface area (Å²) < 4.78 is 28.1. The van der Waals surface area contributed by atoms with Crippen molar-refractivity contribution in [2.45, 2.75) is 38.4 Å². The van der Waals surface area contributed by atoms with Gasteiger partial charge in [-0.25, -0.2) is 8.78 Å². The van der Waals surface area contributed by atoms with Gasteiger partial charge in [0.1, 0.15) is 17.3 Å². The lowest BCUT2D eigenvalue weighted by Gasteiger charge is -2.21. The molecule has 2 fully saturated rings. The first-order chi connectivity index (χ1) is 15.5. The monoisotopic (exact) mass is 569 g/mol. The number of anilines is 1. The zero-order valence-electron chi connectivity index (χ0n) is 18.7. The van der Waals surface area contributed by atoms with E-state index < -0.39 is 11.6 Å². The van der Waals surface area contributed by atoms with Crippen molar-refractivity contribution in [3.05, 3.63) is 65.2 Å². The van der Waals surface area contributed by atoms with Gasteiger partial charge in [0, 0.05) is 52.2 Å². The number of carbonyl (C=O) groups is 1. The number of carbonyl (C=O) groups excluding carboxylic acids is 1. The summed E-state index contributed by atoms with van der Waals surface area (Å²) in [7, 11) is 1.70. The predicted octanol–water partition coefficient (Wildman–Crippen LogP) is 3.65. The van der Waals surface area contributed by atoms with Gasteiger partial charge in [-0.3, -0.25) is 9.79 Å². The number of nitrogens with one attached hydrogen (secondary N) is 2. The van der Waals surface area contributed by atoms with E-state index in [9.17, 15) is 13.6 Å². The third-order valence-corrected chi connectivity index (χ3v) is 6.03. The van der Waals surface area contributed by atoms with Crippen molar-refractivity contribution in [1.82, 2.24) is 15.5 Å². The van der Waals surface area contributed by atoms with Crippen LogP contribution < -0.4 is 15.5 Å². The van der Waals surface area contributed by atoms with Crippen LogP contribution in [0.15, 0.2) is 47.5 Å². The highest BCUT2D eigenvalue weighted by molar-refractivity contribution is 14.0. The summed E-state index contributed by atoms with van der Waals surface area (Å²) >= 11 is 0. The minimum absolute atomic E-state index is 0. The number of aliphatic imine (C=N–C) groups is 1. The topological polar surface area (TPSA) is 60.0 Å². The fourth-order valence-electron chi connectivity index (χ4n) is 4.30. The molecule has 2 aromatic carbocycles. The molecule has 0 saturated carbocycles. The van der Waals surface area contributed by atoms with E-state index in [2.05, 4.69) is 39.9 Å². The van der Waals surface area contributed by atoms with E-state index >= 15 is 0 Å². The van der Waals surface area contributed by atoms with Gasteiger partial charge in [-0.1, -0.05) is 30.3 Å². The van der Waals surface area contributed by atoms with Crippen LogP contribution in [-0.2, 0) is 17.9 Å². The van der Waals surface area contributed by atoms with Crippen molar-refractivity contribution < 1.29 is 13.6 Å². The SMILES string of the molecule is CN=C(NCc1ccc(CN2CCCC2=O)cc1)NC1CCN(c2c(F)cccc2F)C1.I. The quantitative estimate of drug-likeness (QED) is 0.317. The van der Waals surface area contributed by atoms with Crippen molar-refractivity contribution in [3.8, 4) is 0 Å². The molecule has 2 aromatic rings. The molecule has 0 spiro atoms. The number of benzene rings is 2. The summed E-state index contributed by atoms with van der Waals surface area (Å²) in [5, 5.41) is 6.64. The van der Waals surface area contributed by atoms with E-state index in [1.165, 1.54) is 18.2 Å². The van der Waals surface area contributed by atoms with Gasteiger partial charge in [0.25, 0.3) is 0 Å². The first kappa shape index (κ1) is 25.2. The second-order valence-electron chi connectivity index (χ2n) is 8.31. The number of amides is 1.